The van der Waals surface area contributed by atoms with E-state index < -0.39 is 0 Å². The number of aromatic amines is 1. The first-order chi connectivity index (χ1) is 6.83. The van der Waals surface area contributed by atoms with Crippen LogP contribution in [0.5, 0.6) is 0 Å². The lowest BCUT2D eigenvalue weighted by atomic mass is 10.1. The second-order valence-corrected chi connectivity index (χ2v) is 2.67. The number of H-pyrrole nitrogens is 1. The van der Waals surface area contributed by atoms with E-state index in [9.17, 15) is 0 Å². The van der Waals surface area contributed by atoms with Crippen molar-refractivity contribution >= 4 is 11.0 Å². The summed E-state index contributed by atoms with van der Waals surface area (Å²) in [7, 11) is 0. The number of fused-ring (bicyclic) bond motifs is 1. The molecule has 0 bridgehead atoms. The highest BCUT2D eigenvalue weighted by molar-refractivity contribution is 5.83. The van der Waals surface area contributed by atoms with Gasteiger partial charge in [-0.25, -0.2) is 4.98 Å². The number of nitrogens with one attached hydrogen (secondary N) is 1. The lowest BCUT2D eigenvalue weighted by Crippen LogP contribution is -1.81. The van der Waals surface area contributed by atoms with Gasteiger partial charge in [0.15, 0.2) is 0 Å². The van der Waals surface area contributed by atoms with Gasteiger partial charge in [-0.2, -0.15) is 5.26 Å². The van der Waals surface area contributed by atoms with Gasteiger partial charge < -0.3 is 4.98 Å². The molecular formula is C11H13N3. The first-order valence-electron chi connectivity index (χ1n) is 4.65. The minimum Gasteiger partial charge on any atom is -0.344 e. The number of benzene rings is 1. The van der Waals surface area contributed by atoms with Crippen LogP contribution in [0.2, 0.25) is 0 Å². The summed E-state index contributed by atoms with van der Waals surface area (Å²) in [6.45, 7) is 5.98. The zero-order valence-electron chi connectivity index (χ0n) is 8.63. The Morgan fingerprint density at radius 3 is 2.71 bits per heavy atom. The number of nitriles is 1. The molecule has 0 saturated heterocycles. The van der Waals surface area contributed by atoms with Crippen molar-refractivity contribution in [3.05, 3.63) is 29.6 Å². The molecule has 2 aromatic rings. The van der Waals surface area contributed by atoms with E-state index in [4.69, 9.17) is 5.26 Å². The van der Waals surface area contributed by atoms with E-state index in [1.54, 1.807) is 12.4 Å². The van der Waals surface area contributed by atoms with Gasteiger partial charge >= 0.3 is 0 Å². The molecule has 0 radical (unpaired) electrons. The van der Waals surface area contributed by atoms with Crippen LogP contribution < -0.4 is 0 Å². The number of imidazole rings is 1. The second-order valence-electron chi connectivity index (χ2n) is 2.67. The van der Waals surface area contributed by atoms with E-state index in [0.29, 0.717) is 5.56 Å². The average Bonchev–Trinajstić information content (AvgIpc) is 2.71. The van der Waals surface area contributed by atoms with Crippen LogP contribution in [-0.4, -0.2) is 9.97 Å². The Balaban J connectivity index is 0.000000461. The molecule has 0 spiro atoms. The number of hydrogen-bond donors (Lipinski definition) is 1. The predicted octanol–water partition coefficient (Wildman–Crippen LogP) is 2.77. The molecule has 72 valence electrons. The number of aryl methyl sites for hydroxylation is 1. The highest BCUT2D eigenvalue weighted by atomic mass is 14.9. The fourth-order valence-corrected chi connectivity index (χ4v) is 1.26. The van der Waals surface area contributed by atoms with Gasteiger partial charge in [0.1, 0.15) is 6.07 Å². The number of aromatic nitrogens is 2. The third kappa shape index (κ3) is 1.60. The van der Waals surface area contributed by atoms with Crippen LogP contribution in [0.1, 0.15) is 25.0 Å². The molecule has 0 unspecified atom stereocenters. The normalized spacial score (nSPS) is 9.00. The van der Waals surface area contributed by atoms with Crippen LogP contribution in [0.25, 0.3) is 11.0 Å². The molecular weight excluding hydrogens is 174 g/mol. The van der Waals surface area contributed by atoms with E-state index in [2.05, 4.69) is 16.0 Å². The van der Waals surface area contributed by atoms with E-state index in [1.165, 1.54) is 0 Å². The highest BCUT2D eigenvalue weighted by Gasteiger charge is 2.03. The van der Waals surface area contributed by atoms with Gasteiger partial charge in [-0.15, -0.1) is 0 Å². The van der Waals surface area contributed by atoms with Crippen LogP contribution in [0.3, 0.4) is 0 Å². The lowest BCUT2D eigenvalue weighted by molar-refractivity contribution is 1.34. The smallest absolute Gasteiger partial charge is 0.101 e. The van der Waals surface area contributed by atoms with E-state index >= 15 is 0 Å². The Morgan fingerprint density at radius 1 is 1.36 bits per heavy atom. The quantitative estimate of drug-likeness (QED) is 0.689. The molecule has 3 nitrogen and oxygen atoms in total. The first-order valence-corrected chi connectivity index (χ1v) is 4.65. The molecule has 0 atom stereocenters. The van der Waals surface area contributed by atoms with Crippen molar-refractivity contribution in [2.45, 2.75) is 20.8 Å². The summed E-state index contributed by atoms with van der Waals surface area (Å²) in [6, 6.07) is 5.82. The topological polar surface area (TPSA) is 52.5 Å². The van der Waals surface area contributed by atoms with Crippen molar-refractivity contribution in [3.63, 3.8) is 0 Å². The zero-order chi connectivity index (χ0) is 10.6. The molecule has 1 heterocycles. The van der Waals surface area contributed by atoms with Crippen molar-refractivity contribution in [1.82, 2.24) is 9.97 Å². The standard InChI is InChI=1S/C9H7N3.C2H6/c1-6-2-3-7(4-10)9-8(6)11-5-12-9;1-2/h2-3,5H,1H3,(H,11,12);1-2H3. The van der Waals surface area contributed by atoms with Crippen molar-refractivity contribution in [3.8, 4) is 6.07 Å². The van der Waals surface area contributed by atoms with Gasteiger partial charge in [-0.05, 0) is 18.6 Å². The molecule has 1 aromatic carbocycles. The lowest BCUT2D eigenvalue weighted by Gasteiger charge is -1.94. The fraction of sp³-hybridized carbons (Fsp3) is 0.273. The minimum absolute atomic E-state index is 0.646. The maximum absolute atomic E-state index is 8.75. The maximum Gasteiger partial charge on any atom is 0.101 e. The monoisotopic (exact) mass is 187 g/mol. The summed E-state index contributed by atoms with van der Waals surface area (Å²) in [4.78, 5) is 7.07. The van der Waals surface area contributed by atoms with Crippen molar-refractivity contribution in [2.75, 3.05) is 0 Å². The van der Waals surface area contributed by atoms with Crippen LogP contribution in [0.4, 0.5) is 0 Å². The predicted molar refractivity (Wildman–Crippen MR) is 56.9 cm³/mol. The van der Waals surface area contributed by atoms with E-state index in [-0.39, 0.29) is 0 Å². The molecule has 0 fully saturated rings. The summed E-state index contributed by atoms with van der Waals surface area (Å²) in [5.41, 5.74) is 3.45. The van der Waals surface area contributed by atoms with E-state index in [1.807, 2.05) is 26.8 Å². The molecule has 0 aliphatic rings. The molecule has 1 aromatic heterocycles. The number of rotatable bonds is 0. The number of hydrogen-bond acceptors (Lipinski definition) is 2. The Hall–Kier alpha value is -1.82. The van der Waals surface area contributed by atoms with Gasteiger partial charge in [0.2, 0.25) is 0 Å². The van der Waals surface area contributed by atoms with Crippen LogP contribution >= 0.6 is 0 Å². The van der Waals surface area contributed by atoms with Crippen molar-refractivity contribution in [2.24, 2.45) is 0 Å². The molecule has 0 saturated carbocycles. The largest absolute Gasteiger partial charge is 0.344 e. The number of nitrogens with zero attached hydrogens (tertiary/aromatic N) is 2. The average molecular weight is 187 g/mol. The van der Waals surface area contributed by atoms with Gasteiger partial charge in [0, 0.05) is 0 Å². The summed E-state index contributed by atoms with van der Waals surface area (Å²) < 4.78 is 0. The minimum atomic E-state index is 0.646. The van der Waals surface area contributed by atoms with E-state index in [0.717, 1.165) is 16.6 Å². The van der Waals surface area contributed by atoms with Gasteiger partial charge in [-0.3, -0.25) is 0 Å². The van der Waals surface area contributed by atoms with Crippen LogP contribution in [0.15, 0.2) is 18.5 Å². The van der Waals surface area contributed by atoms with Gasteiger partial charge in [0.05, 0.1) is 22.9 Å². The molecule has 2 rings (SSSR count). The van der Waals surface area contributed by atoms with Crippen molar-refractivity contribution in [1.29, 1.82) is 5.26 Å². The Bertz CT molecular complexity index is 463. The van der Waals surface area contributed by atoms with Crippen LogP contribution in [0, 0.1) is 18.3 Å². The Kier molecular flexibility index (Phi) is 3.24. The second kappa shape index (κ2) is 4.43. The van der Waals surface area contributed by atoms with Gasteiger partial charge in [0.25, 0.3) is 0 Å². The summed E-state index contributed by atoms with van der Waals surface area (Å²) in [5.74, 6) is 0. The molecule has 1 N–H and O–H groups in total. The zero-order valence-corrected chi connectivity index (χ0v) is 8.63. The molecule has 0 aliphatic heterocycles. The molecule has 0 amide bonds. The summed E-state index contributed by atoms with van der Waals surface area (Å²) in [5, 5.41) is 8.75. The molecule has 3 heteroatoms. The Labute approximate surface area is 83.4 Å². The van der Waals surface area contributed by atoms with Crippen LogP contribution in [-0.2, 0) is 0 Å². The Morgan fingerprint density at radius 2 is 2.07 bits per heavy atom. The molecule has 0 aliphatic carbocycles. The maximum atomic E-state index is 8.75. The first kappa shape index (κ1) is 10.3. The molecule has 14 heavy (non-hydrogen) atoms. The summed E-state index contributed by atoms with van der Waals surface area (Å²) in [6.07, 6.45) is 1.61. The third-order valence-electron chi connectivity index (χ3n) is 1.90. The summed E-state index contributed by atoms with van der Waals surface area (Å²) >= 11 is 0. The van der Waals surface area contributed by atoms with Crippen molar-refractivity contribution < 1.29 is 0 Å². The third-order valence-corrected chi connectivity index (χ3v) is 1.90. The fourth-order valence-electron chi connectivity index (χ4n) is 1.26. The SMILES string of the molecule is CC.Cc1ccc(C#N)c2[nH]cnc12. The van der Waals surface area contributed by atoms with Gasteiger partial charge in [-0.1, -0.05) is 19.9 Å². The highest BCUT2D eigenvalue weighted by Crippen LogP contribution is 2.17.